The van der Waals surface area contributed by atoms with Gasteiger partial charge in [-0.3, -0.25) is 9.48 Å². The number of carbonyl (C=O) groups is 1. The van der Waals surface area contributed by atoms with Crippen LogP contribution in [0.15, 0.2) is 24.3 Å². The van der Waals surface area contributed by atoms with Gasteiger partial charge in [0.1, 0.15) is 11.5 Å². The van der Waals surface area contributed by atoms with Crippen molar-refractivity contribution < 1.29 is 9.18 Å². The Morgan fingerprint density at radius 1 is 1.28 bits per heavy atom. The summed E-state index contributed by atoms with van der Waals surface area (Å²) < 4.78 is 14.9. The highest BCUT2D eigenvalue weighted by Crippen LogP contribution is 2.27. The number of rotatable bonds is 3. The molecule has 0 fully saturated rings. The number of aryl methyl sites for hydroxylation is 2. The third kappa shape index (κ3) is 3.18. The van der Waals surface area contributed by atoms with Crippen molar-refractivity contribution >= 4 is 5.91 Å². The van der Waals surface area contributed by atoms with Gasteiger partial charge in [0.2, 0.25) is 0 Å². The van der Waals surface area contributed by atoms with Gasteiger partial charge in [0.25, 0.3) is 5.91 Å². The maximum atomic E-state index is 13.0. The smallest absolute Gasteiger partial charge is 0.272 e. The monoisotopic (exact) mass is 342 g/mol. The summed E-state index contributed by atoms with van der Waals surface area (Å²) in [5.41, 5.74) is 4.04. The number of hydrogen-bond donors (Lipinski definition) is 1. The van der Waals surface area contributed by atoms with Crippen molar-refractivity contribution in [2.75, 3.05) is 13.6 Å². The average Bonchev–Trinajstić information content (AvgIpc) is 2.91. The molecule has 0 saturated carbocycles. The normalized spacial score (nSPS) is 20.2. The molecule has 1 amide bonds. The van der Waals surface area contributed by atoms with Gasteiger partial charge < -0.3 is 10.2 Å². The van der Waals surface area contributed by atoms with Gasteiger partial charge in [-0.1, -0.05) is 12.1 Å². The van der Waals surface area contributed by atoms with Gasteiger partial charge in [0.05, 0.1) is 5.69 Å². The molecule has 132 valence electrons. The SMILES string of the molecule is CN1CCCn2nc3c(c2C1=O)CC(NCc1ccc(F)cc1)CC3. The van der Waals surface area contributed by atoms with Gasteiger partial charge in [0.15, 0.2) is 0 Å². The topological polar surface area (TPSA) is 50.2 Å². The van der Waals surface area contributed by atoms with Gasteiger partial charge in [0, 0.05) is 38.3 Å². The summed E-state index contributed by atoms with van der Waals surface area (Å²) in [7, 11) is 1.87. The molecule has 1 unspecified atom stereocenters. The van der Waals surface area contributed by atoms with Gasteiger partial charge in [-0.05, 0) is 43.4 Å². The molecule has 5 nitrogen and oxygen atoms in total. The Morgan fingerprint density at radius 2 is 2.08 bits per heavy atom. The lowest BCUT2D eigenvalue weighted by Gasteiger charge is -2.24. The number of carbonyl (C=O) groups excluding carboxylic acids is 1. The van der Waals surface area contributed by atoms with Crippen molar-refractivity contribution in [2.24, 2.45) is 0 Å². The first-order valence-corrected chi connectivity index (χ1v) is 8.93. The lowest BCUT2D eigenvalue weighted by molar-refractivity contribution is 0.0795. The van der Waals surface area contributed by atoms with Crippen LogP contribution in [0.2, 0.25) is 0 Å². The lowest BCUT2D eigenvalue weighted by atomic mass is 9.91. The summed E-state index contributed by atoms with van der Waals surface area (Å²) in [6.45, 7) is 2.30. The maximum absolute atomic E-state index is 13.0. The first kappa shape index (κ1) is 16.3. The summed E-state index contributed by atoms with van der Waals surface area (Å²) in [4.78, 5) is 14.5. The predicted molar refractivity (Wildman–Crippen MR) is 92.9 cm³/mol. The maximum Gasteiger partial charge on any atom is 0.272 e. The number of halogens is 1. The van der Waals surface area contributed by atoms with E-state index in [-0.39, 0.29) is 11.7 Å². The Hall–Kier alpha value is -2.21. The molecule has 0 spiro atoms. The molecule has 1 aromatic carbocycles. The van der Waals surface area contributed by atoms with Crippen molar-refractivity contribution in [2.45, 2.75) is 44.8 Å². The second kappa shape index (κ2) is 6.59. The molecule has 1 atom stereocenters. The summed E-state index contributed by atoms with van der Waals surface area (Å²) in [5.74, 6) is -0.123. The second-order valence-corrected chi connectivity index (χ2v) is 7.02. The van der Waals surface area contributed by atoms with Crippen LogP contribution >= 0.6 is 0 Å². The van der Waals surface area contributed by atoms with Crippen LogP contribution in [0.5, 0.6) is 0 Å². The minimum Gasteiger partial charge on any atom is -0.340 e. The Bertz CT molecular complexity index is 783. The summed E-state index contributed by atoms with van der Waals surface area (Å²) >= 11 is 0. The van der Waals surface area contributed by atoms with Crippen LogP contribution in [0.4, 0.5) is 4.39 Å². The van der Waals surface area contributed by atoms with Crippen LogP contribution in [0.25, 0.3) is 0 Å². The van der Waals surface area contributed by atoms with Crippen molar-refractivity contribution in [3.63, 3.8) is 0 Å². The average molecular weight is 342 g/mol. The lowest BCUT2D eigenvalue weighted by Crippen LogP contribution is -2.35. The molecule has 2 aliphatic rings. The second-order valence-electron chi connectivity index (χ2n) is 7.02. The Labute approximate surface area is 146 Å². The van der Waals surface area contributed by atoms with Crippen molar-refractivity contribution in [3.8, 4) is 0 Å². The van der Waals surface area contributed by atoms with Crippen LogP contribution in [0, 0.1) is 5.82 Å². The summed E-state index contributed by atoms with van der Waals surface area (Å²) in [6.07, 6.45) is 3.68. The zero-order valence-corrected chi connectivity index (χ0v) is 14.5. The van der Waals surface area contributed by atoms with Crippen LogP contribution in [-0.2, 0) is 25.9 Å². The Kier molecular flexibility index (Phi) is 4.29. The fraction of sp³-hybridized carbons (Fsp3) is 0.474. The minimum absolute atomic E-state index is 0.0884. The zero-order valence-electron chi connectivity index (χ0n) is 14.5. The molecule has 1 aliphatic carbocycles. The van der Waals surface area contributed by atoms with E-state index in [1.807, 2.05) is 11.7 Å². The van der Waals surface area contributed by atoms with Crippen LogP contribution in [-0.4, -0.2) is 40.2 Å². The van der Waals surface area contributed by atoms with Crippen LogP contribution in [0.1, 0.15) is 40.2 Å². The number of hydrogen-bond acceptors (Lipinski definition) is 3. The molecule has 25 heavy (non-hydrogen) atoms. The molecular weight excluding hydrogens is 319 g/mol. The standard InChI is InChI=1S/C19H23FN4O/c1-23-9-2-10-24-18(19(23)25)16-11-15(7-8-17(16)22-24)21-12-13-3-5-14(20)6-4-13/h3-6,15,21H,2,7-12H2,1H3. The molecule has 0 bridgehead atoms. The summed E-state index contributed by atoms with van der Waals surface area (Å²) in [6, 6.07) is 6.90. The molecule has 0 radical (unpaired) electrons. The summed E-state index contributed by atoms with van der Waals surface area (Å²) in [5, 5.41) is 8.25. The van der Waals surface area contributed by atoms with E-state index in [1.54, 1.807) is 17.0 Å². The molecule has 1 aromatic heterocycles. The predicted octanol–water partition coefficient (Wildman–Crippen LogP) is 2.14. The van der Waals surface area contributed by atoms with E-state index >= 15 is 0 Å². The van der Waals surface area contributed by atoms with E-state index in [0.29, 0.717) is 12.6 Å². The molecule has 1 aliphatic heterocycles. The van der Waals surface area contributed by atoms with E-state index in [9.17, 15) is 9.18 Å². The highest BCUT2D eigenvalue weighted by Gasteiger charge is 2.31. The van der Waals surface area contributed by atoms with E-state index in [1.165, 1.54) is 12.1 Å². The highest BCUT2D eigenvalue weighted by molar-refractivity contribution is 5.94. The number of amides is 1. The Morgan fingerprint density at radius 3 is 2.88 bits per heavy atom. The molecular formula is C19H23FN4O. The van der Waals surface area contributed by atoms with Crippen molar-refractivity contribution in [3.05, 3.63) is 52.6 Å². The number of nitrogens with one attached hydrogen (secondary N) is 1. The fourth-order valence-corrected chi connectivity index (χ4v) is 3.80. The third-order valence-corrected chi connectivity index (χ3v) is 5.23. The Balaban J connectivity index is 1.50. The number of benzene rings is 1. The quantitative estimate of drug-likeness (QED) is 0.930. The van der Waals surface area contributed by atoms with Crippen molar-refractivity contribution in [1.29, 1.82) is 0 Å². The first-order chi connectivity index (χ1) is 12.1. The van der Waals surface area contributed by atoms with Crippen molar-refractivity contribution in [1.82, 2.24) is 20.0 Å². The minimum atomic E-state index is -0.212. The van der Waals surface area contributed by atoms with Gasteiger partial charge >= 0.3 is 0 Å². The van der Waals surface area contributed by atoms with E-state index in [0.717, 1.165) is 61.3 Å². The van der Waals surface area contributed by atoms with Gasteiger partial charge in [-0.2, -0.15) is 5.10 Å². The highest BCUT2D eigenvalue weighted by atomic mass is 19.1. The number of nitrogens with zero attached hydrogens (tertiary/aromatic N) is 3. The fourth-order valence-electron chi connectivity index (χ4n) is 3.80. The van der Waals surface area contributed by atoms with E-state index in [4.69, 9.17) is 5.10 Å². The van der Waals surface area contributed by atoms with Crippen LogP contribution < -0.4 is 5.32 Å². The third-order valence-electron chi connectivity index (χ3n) is 5.23. The largest absolute Gasteiger partial charge is 0.340 e. The molecule has 4 rings (SSSR count). The van der Waals surface area contributed by atoms with E-state index < -0.39 is 0 Å². The zero-order chi connectivity index (χ0) is 17.4. The van der Waals surface area contributed by atoms with Gasteiger partial charge in [-0.25, -0.2) is 4.39 Å². The van der Waals surface area contributed by atoms with Gasteiger partial charge in [-0.15, -0.1) is 0 Å². The molecule has 6 heteroatoms. The van der Waals surface area contributed by atoms with E-state index in [2.05, 4.69) is 5.32 Å². The number of fused-ring (bicyclic) bond motifs is 3. The molecule has 2 heterocycles. The molecule has 1 N–H and O–H groups in total. The van der Waals surface area contributed by atoms with Crippen LogP contribution in [0.3, 0.4) is 0 Å². The molecule has 2 aromatic rings. The first-order valence-electron chi connectivity index (χ1n) is 8.93. The molecule has 0 saturated heterocycles. The number of aromatic nitrogens is 2.